The second-order valence-corrected chi connectivity index (χ2v) is 8.81. The zero-order chi connectivity index (χ0) is 23.3. The molecule has 2 fully saturated rings. The van der Waals surface area contributed by atoms with Crippen molar-refractivity contribution in [2.75, 3.05) is 20.2 Å². The summed E-state index contributed by atoms with van der Waals surface area (Å²) in [6.45, 7) is 5.73. The molecule has 2 aromatic carbocycles. The maximum absolute atomic E-state index is 13.1. The Kier molecular flexibility index (Phi) is 8.23. The average molecular weight is 447 g/mol. The first-order chi connectivity index (χ1) is 15.4. The van der Waals surface area contributed by atoms with Crippen molar-refractivity contribution in [2.24, 2.45) is 5.92 Å². The first-order valence-corrected chi connectivity index (χ1v) is 11.8. The Morgan fingerprint density at radius 2 is 1.75 bits per heavy atom. The smallest absolute Gasteiger partial charge is 0.266 e. The number of nitrogens with zero attached hydrogens (tertiary/aromatic N) is 1. The van der Waals surface area contributed by atoms with E-state index >= 15 is 0 Å². The molecule has 1 saturated carbocycles. The molecule has 1 heterocycles. The summed E-state index contributed by atoms with van der Waals surface area (Å²) in [5, 5.41) is 21.0. The van der Waals surface area contributed by atoms with Crippen LogP contribution in [0.25, 0.3) is 10.8 Å². The minimum Gasteiger partial charge on any atom is -0.497 e. The van der Waals surface area contributed by atoms with Gasteiger partial charge in [0.25, 0.3) is 6.43 Å². The number of likely N-dealkylation sites (tertiary alicyclic amines) is 1. The van der Waals surface area contributed by atoms with Gasteiger partial charge in [-0.2, -0.15) is 0 Å². The van der Waals surface area contributed by atoms with Crippen LogP contribution in [0.5, 0.6) is 5.75 Å². The molecule has 1 aliphatic heterocycles. The number of hydrogen-bond donors (Lipinski definition) is 2. The largest absolute Gasteiger partial charge is 0.497 e. The van der Waals surface area contributed by atoms with E-state index in [1.807, 2.05) is 44.2 Å². The van der Waals surface area contributed by atoms with Crippen molar-refractivity contribution in [3.8, 4) is 5.75 Å². The predicted molar refractivity (Wildman–Crippen MR) is 126 cm³/mol. The Hall–Kier alpha value is -2.05. The van der Waals surface area contributed by atoms with Gasteiger partial charge in [-0.25, -0.2) is 8.78 Å². The molecule has 176 valence electrons. The molecule has 4 rings (SSSR count). The van der Waals surface area contributed by atoms with Gasteiger partial charge in [0.2, 0.25) is 0 Å². The Morgan fingerprint density at radius 1 is 1.09 bits per heavy atom. The fourth-order valence-corrected chi connectivity index (χ4v) is 5.01. The van der Waals surface area contributed by atoms with E-state index in [1.54, 1.807) is 7.11 Å². The number of hydrogen-bond acceptors (Lipinski definition) is 4. The lowest BCUT2D eigenvalue weighted by Gasteiger charge is -2.43. The van der Waals surface area contributed by atoms with Gasteiger partial charge >= 0.3 is 0 Å². The van der Waals surface area contributed by atoms with Crippen LogP contribution in [-0.4, -0.2) is 54.0 Å². The van der Waals surface area contributed by atoms with E-state index in [0.29, 0.717) is 18.6 Å². The molecule has 6 heteroatoms. The molecule has 4 nitrogen and oxygen atoms in total. The second-order valence-electron chi connectivity index (χ2n) is 8.81. The highest BCUT2D eigenvalue weighted by atomic mass is 19.3. The summed E-state index contributed by atoms with van der Waals surface area (Å²) in [6, 6.07) is 12.3. The van der Waals surface area contributed by atoms with E-state index < -0.39 is 12.0 Å². The van der Waals surface area contributed by atoms with Crippen molar-refractivity contribution in [3.05, 3.63) is 42.0 Å². The molecular formula is C26H36F2N2O2. The molecule has 2 N–H and O–H groups in total. The first-order valence-electron chi connectivity index (χ1n) is 11.8. The van der Waals surface area contributed by atoms with E-state index in [2.05, 4.69) is 11.0 Å². The van der Waals surface area contributed by atoms with Crippen molar-refractivity contribution >= 4 is 16.5 Å². The number of methoxy groups -OCH3 is 1. The van der Waals surface area contributed by atoms with Crippen molar-refractivity contribution in [1.82, 2.24) is 4.90 Å². The lowest BCUT2D eigenvalue weighted by atomic mass is 9.80. The first kappa shape index (κ1) is 24.6. The van der Waals surface area contributed by atoms with Gasteiger partial charge in [-0.05, 0) is 79.6 Å². The number of piperidine rings is 1. The van der Waals surface area contributed by atoms with E-state index in [-0.39, 0.29) is 24.8 Å². The summed E-state index contributed by atoms with van der Waals surface area (Å²) in [6.07, 6.45) is 0.812. The van der Waals surface area contributed by atoms with Crippen LogP contribution in [0.3, 0.4) is 0 Å². The highest BCUT2D eigenvalue weighted by molar-refractivity contribution is 6.03. The van der Waals surface area contributed by atoms with Crippen molar-refractivity contribution in [3.63, 3.8) is 0 Å². The highest BCUT2D eigenvalue weighted by Crippen LogP contribution is 2.37. The van der Waals surface area contributed by atoms with Gasteiger partial charge < -0.3 is 15.3 Å². The lowest BCUT2D eigenvalue weighted by molar-refractivity contribution is -0.126. The average Bonchev–Trinajstić information content (AvgIpc) is 2.84. The number of aliphatic hydroxyl groups is 1. The third kappa shape index (κ3) is 5.29. The summed E-state index contributed by atoms with van der Waals surface area (Å²) in [7, 11) is 1.65. The van der Waals surface area contributed by atoms with E-state index in [0.717, 1.165) is 48.0 Å². The quantitative estimate of drug-likeness (QED) is 0.563. The van der Waals surface area contributed by atoms with Crippen LogP contribution in [0.1, 0.15) is 57.9 Å². The molecule has 1 aliphatic carbocycles. The number of nitrogens with one attached hydrogen (secondary N) is 1. The number of rotatable bonds is 5. The van der Waals surface area contributed by atoms with Gasteiger partial charge in [0.1, 0.15) is 11.4 Å². The third-order valence-electron chi connectivity index (χ3n) is 6.96. The molecular weight excluding hydrogens is 410 g/mol. The number of ether oxygens (including phenoxy) is 1. The van der Waals surface area contributed by atoms with Crippen LogP contribution in [0.4, 0.5) is 8.78 Å². The predicted octanol–water partition coefficient (Wildman–Crippen LogP) is 5.89. The molecule has 32 heavy (non-hydrogen) atoms. The third-order valence-corrected chi connectivity index (χ3v) is 6.96. The zero-order valence-corrected chi connectivity index (χ0v) is 19.4. The Balaban J connectivity index is 0.00000141. The summed E-state index contributed by atoms with van der Waals surface area (Å²) in [5.74, 6) is 0.963. The van der Waals surface area contributed by atoms with Gasteiger partial charge in [0.05, 0.1) is 7.11 Å². The number of fused-ring (bicyclic) bond motifs is 1. The Labute approximate surface area is 190 Å². The normalized spacial score (nSPS) is 26.5. The lowest BCUT2D eigenvalue weighted by Crippen LogP contribution is -2.50. The van der Waals surface area contributed by atoms with Gasteiger partial charge in [-0.15, -0.1) is 0 Å². The molecule has 1 saturated heterocycles. The van der Waals surface area contributed by atoms with Crippen LogP contribution < -0.4 is 4.74 Å². The van der Waals surface area contributed by atoms with Crippen LogP contribution in [0.2, 0.25) is 0 Å². The molecule has 0 aromatic heterocycles. The van der Waals surface area contributed by atoms with Gasteiger partial charge in [-0.3, -0.25) is 4.90 Å². The second kappa shape index (κ2) is 10.7. The highest BCUT2D eigenvalue weighted by Gasteiger charge is 2.42. The van der Waals surface area contributed by atoms with Crippen LogP contribution in [0, 0.1) is 11.3 Å². The molecule has 0 spiro atoms. The van der Waals surface area contributed by atoms with Crippen LogP contribution in [0.15, 0.2) is 36.4 Å². The molecule has 1 unspecified atom stereocenters. The molecule has 2 aromatic rings. The summed E-state index contributed by atoms with van der Waals surface area (Å²) in [5.41, 5.74) is -0.223. The molecule has 1 atom stereocenters. The van der Waals surface area contributed by atoms with Crippen LogP contribution >= 0.6 is 0 Å². The molecule has 0 amide bonds. The van der Waals surface area contributed by atoms with E-state index in [9.17, 15) is 13.9 Å². The summed E-state index contributed by atoms with van der Waals surface area (Å²) >= 11 is 0. The van der Waals surface area contributed by atoms with Gasteiger partial charge in [-0.1, -0.05) is 32.0 Å². The topological polar surface area (TPSA) is 56.5 Å². The molecule has 2 aliphatic rings. The molecule has 0 bridgehead atoms. The summed E-state index contributed by atoms with van der Waals surface area (Å²) in [4.78, 5) is 2.36. The maximum Gasteiger partial charge on any atom is 0.266 e. The van der Waals surface area contributed by atoms with Gasteiger partial charge in [0, 0.05) is 24.2 Å². The number of halogens is 2. The Morgan fingerprint density at radius 3 is 2.41 bits per heavy atom. The van der Waals surface area contributed by atoms with Gasteiger partial charge in [0.15, 0.2) is 0 Å². The Bertz CT molecular complexity index is 910. The fourth-order valence-electron chi connectivity index (χ4n) is 5.01. The SMILES string of the molecule is CC.COc1ccc2cc(C(=N)C3CCCN(C4CCC(O)(C(F)F)CC4)C3)ccc2c1. The standard InChI is InChI=1S/C24H30F2N2O2.C2H6/c1-30-21-7-6-16-13-18(5-4-17(16)14-21)22(27)19-3-2-12-28(15-19)20-8-10-24(29,11-9-20)23(25)26;1-2/h4-7,13-14,19-20,23,27,29H,2-3,8-12,15H2,1H3;1-2H3. The zero-order valence-electron chi connectivity index (χ0n) is 19.4. The summed E-state index contributed by atoms with van der Waals surface area (Å²) < 4.78 is 31.5. The minimum atomic E-state index is -2.67. The fraction of sp³-hybridized carbons (Fsp3) is 0.577. The van der Waals surface area contributed by atoms with E-state index in [4.69, 9.17) is 10.1 Å². The van der Waals surface area contributed by atoms with Crippen molar-refractivity contribution in [2.45, 2.75) is 70.4 Å². The van der Waals surface area contributed by atoms with E-state index in [1.165, 1.54) is 0 Å². The minimum absolute atomic E-state index is 0.144. The van der Waals surface area contributed by atoms with Crippen molar-refractivity contribution in [1.29, 1.82) is 5.41 Å². The monoisotopic (exact) mass is 446 g/mol. The number of benzene rings is 2. The molecule has 0 radical (unpaired) electrons. The maximum atomic E-state index is 13.1. The van der Waals surface area contributed by atoms with Crippen molar-refractivity contribution < 1.29 is 18.6 Å². The number of alkyl halides is 2. The van der Waals surface area contributed by atoms with Crippen LogP contribution in [-0.2, 0) is 0 Å².